The first-order valence-corrected chi connectivity index (χ1v) is 8.54. The molecule has 1 amide bonds. The summed E-state index contributed by atoms with van der Waals surface area (Å²) in [5, 5.41) is 6.77. The molecular weight excluding hydrogens is 318 g/mol. The van der Waals surface area contributed by atoms with Gasteiger partial charge in [0.05, 0.1) is 17.6 Å². The van der Waals surface area contributed by atoms with E-state index in [2.05, 4.69) is 46.0 Å². The second kappa shape index (κ2) is 6.74. The van der Waals surface area contributed by atoms with Crippen LogP contribution in [0.4, 0.5) is 11.6 Å². The zero-order chi connectivity index (χ0) is 18.0. The minimum Gasteiger partial charge on any atom is -0.367 e. The van der Waals surface area contributed by atoms with E-state index in [1.54, 1.807) is 19.3 Å². The molecule has 0 unspecified atom stereocenters. The fourth-order valence-corrected chi connectivity index (χ4v) is 2.79. The molecule has 134 valence electrons. The normalized spacial score (nSPS) is 15.4. The maximum Gasteiger partial charge on any atom is 0.269 e. The Hall–Kier alpha value is -2.57. The predicted octanol–water partition coefficient (Wildman–Crippen LogP) is 2.05. The van der Waals surface area contributed by atoms with Crippen molar-refractivity contribution >= 4 is 17.5 Å². The number of nitrogens with one attached hydrogen (secondary N) is 1. The second-order valence-electron chi connectivity index (χ2n) is 7.26. The Morgan fingerprint density at radius 1 is 1.16 bits per heavy atom. The number of pyridine rings is 1. The molecule has 0 aliphatic carbocycles. The van der Waals surface area contributed by atoms with Gasteiger partial charge in [-0.2, -0.15) is 0 Å². The SMILES string of the molecule is CNC(=O)c1ccc(N2CCN(c3cc(C(C)(C)C)no3)CC2)cn1. The highest BCUT2D eigenvalue weighted by molar-refractivity contribution is 5.92. The van der Waals surface area contributed by atoms with E-state index in [0.29, 0.717) is 5.69 Å². The molecule has 2 aromatic heterocycles. The molecule has 1 aliphatic rings. The van der Waals surface area contributed by atoms with Gasteiger partial charge >= 0.3 is 0 Å². The number of amides is 1. The van der Waals surface area contributed by atoms with E-state index in [1.165, 1.54) is 0 Å². The zero-order valence-corrected chi connectivity index (χ0v) is 15.2. The summed E-state index contributed by atoms with van der Waals surface area (Å²) >= 11 is 0. The largest absolute Gasteiger partial charge is 0.367 e. The first-order chi connectivity index (χ1) is 11.9. The second-order valence-corrected chi connectivity index (χ2v) is 7.26. The lowest BCUT2D eigenvalue weighted by atomic mass is 9.92. The van der Waals surface area contributed by atoms with Gasteiger partial charge in [0.15, 0.2) is 0 Å². The molecule has 0 bridgehead atoms. The van der Waals surface area contributed by atoms with Crippen molar-refractivity contribution in [2.75, 3.05) is 43.0 Å². The molecule has 1 saturated heterocycles. The van der Waals surface area contributed by atoms with Crippen molar-refractivity contribution in [2.45, 2.75) is 26.2 Å². The molecule has 1 fully saturated rings. The number of hydrogen-bond acceptors (Lipinski definition) is 6. The van der Waals surface area contributed by atoms with E-state index in [1.807, 2.05) is 12.1 Å². The standard InChI is InChI=1S/C18H25N5O2/c1-18(2,3)15-11-16(25-21-15)23-9-7-22(8-10-23)13-5-6-14(20-12-13)17(24)19-4/h5-6,11-12H,7-10H2,1-4H3,(H,19,24). The predicted molar refractivity (Wildman–Crippen MR) is 97.3 cm³/mol. The highest BCUT2D eigenvalue weighted by Gasteiger charge is 2.24. The average Bonchev–Trinajstić information content (AvgIpc) is 3.12. The topological polar surface area (TPSA) is 74.5 Å². The Balaban J connectivity index is 1.62. The van der Waals surface area contributed by atoms with Crippen LogP contribution in [0.5, 0.6) is 0 Å². The van der Waals surface area contributed by atoms with Crippen molar-refractivity contribution in [2.24, 2.45) is 0 Å². The lowest BCUT2D eigenvalue weighted by Crippen LogP contribution is -2.46. The van der Waals surface area contributed by atoms with Gasteiger partial charge in [-0.05, 0) is 12.1 Å². The number of carbonyl (C=O) groups excluding carboxylic acids is 1. The molecule has 0 radical (unpaired) electrons. The molecule has 2 aromatic rings. The average molecular weight is 343 g/mol. The zero-order valence-electron chi connectivity index (χ0n) is 15.2. The Labute approximate surface area is 148 Å². The van der Waals surface area contributed by atoms with Gasteiger partial charge < -0.3 is 19.6 Å². The summed E-state index contributed by atoms with van der Waals surface area (Å²) in [6.45, 7) is 9.83. The van der Waals surface area contributed by atoms with Crippen LogP contribution in [0, 0.1) is 0 Å². The van der Waals surface area contributed by atoms with Crippen molar-refractivity contribution in [3.8, 4) is 0 Å². The van der Waals surface area contributed by atoms with Crippen LogP contribution in [0.2, 0.25) is 0 Å². The van der Waals surface area contributed by atoms with Gasteiger partial charge in [0.25, 0.3) is 5.91 Å². The monoisotopic (exact) mass is 343 g/mol. The van der Waals surface area contributed by atoms with E-state index in [9.17, 15) is 4.79 Å². The summed E-state index contributed by atoms with van der Waals surface area (Å²) in [5.74, 6) is 0.661. The van der Waals surface area contributed by atoms with Crippen LogP contribution in [-0.2, 0) is 5.41 Å². The highest BCUT2D eigenvalue weighted by atomic mass is 16.5. The van der Waals surface area contributed by atoms with Gasteiger partial charge in [-0.25, -0.2) is 4.98 Å². The number of hydrogen-bond donors (Lipinski definition) is 1. The molecule has 0 atom stereocenters. The number of piperazine rings is 1. The maximum atomic E-state index is 11.6. The number of aromatic nitrogens is 2. The van der Waals surface area contributed by atoms with Gasteiger partial charge in [-0.3, -0.25) is 4.79 Å². The van der Waals surface area contributed by atoms with E-state index in [4.69, 9.17) is 4.52 Å². The number of rotatable bonds is 3. The molecule has 0 aromatic carbocycles. The van der Waals surface area contributed by atoms with Crippen LogP contribution in [0.25, 0.3) is 0 Å². The Kier molecular flexibility index (Phi) is 4.65. The summed E-state index contributed by atoms with van der Waals surface area (Å²) in [4.78, 5) is 20.3. The molecule has 1 N–H and O–H groups in total. The maximum absolute atomic E-state index is 11.6. The van der Waals surface area contributed by atoms with Crippen molar-refractivity contribution in [3.63, 3.8) is 0 Å². The van der Waals surface area contributed by atoms with E-state index in [0.717, 1.165) is 43.4 Å². The van der Waals surface area contributed by atoms with E-state index >= 15 is 0 Å². The fourth-order valence-electron chi connectivity index (χ4n) is 2.79. The molecule has 7 nitrogen and oxygen atoms in total. The molecule has 25 heavy (non-hydrogen) atoms. The summed E-state index contributed by atoms with van der Waals surface area (Å²) in [6.07, 6.45) is 1.76. The van der Waals surface area contributed by atoms with Crippen LogP contribution in [0.3, 0.4) is 0 Å². The summed E-state index contributed by atoms with van der Waals surface area (Å²) in [7, 11) is 1.60. The lowest BCUT2D eigenvalue weighted by Gasteiger charge is -2.35. The number of anilines is 2. The van der Waals surface area contributed by atoms with Crippen molar-refractivity contribution in [1.29, 1.82) is 0 Å². The highest BCUT2D eigenvalue weighted by Crippen LogP contribution is 2.27. The minimum atomic E-state index is -0.170. The van der Waals surface area contributed by atoms with Crippen LogP contribution in [0.1, 0.15) is 37.0 Å². The third-order valence-electron chi connectivity index (χ3n) is 4.43. The van der Waals surface area contributed by atoms with Crippen LogP contribution < -0.4 is 15.1 Å². The molecule has 3 rings (SSSR count). The molecule has 7 heteroatoms. The Bertz CT molecular complexity index is 725. The van der Waals surface area contributed by atoms with Crippen LogP contribution in [0.15, 0.2) is 28.9 Å². The fraction of sp³-hybridized carbons (Fsp3) is 0.500. The van der Waals surface area contributed by atoms with Crippen molar-refractivity contribution in [3.05, 3.63) is 35.8 Å². The van der Waals surface area contributed by atoms with Gasteiger partial charge in [0, 0.05) is 44.7 Å². The van der Waals surface area contributed by atoms with Crippen molar-refractivity contribution < 1.29 is 9.32 Å². The molecule has 0 saturated carbocycles. The molecule has 0 spiro atoms. The van der Waals surface area contributed by atoms with Gasteiger partial charge in [-0.15, -0.1) is 0 Å². The smallest absolute Gasteiger partial charge is 0.269 e. The van der Waals surface area contributed by atoms with Crippen LogP contribution in [-0.4, -0.2) is 49.3 Å². The van der Waals surface area contributed by atoms with E-state index < -0.39 is 0 Å². The first-order valence-electron chi connectivity index (χ1n) is 8.54. The Morgan fingerprint density at radius 3 is 2.36 bits per heavy atom. The lowest BCUT2D eigenvalue weighted by molar-refractivity contribution is 0.0958. The first kappa shape index (κ1) is 17.3. The summed E-state index contributed by atoms with van der Waals surface area (Å²) in [6, 6.07) is 5.74. The van der Waals surface area contributed by atoms with E-state index in [-0.39, 0.29) is 11.3 Å². The quantitative estimate of drug-likeness (QED) is 0.919. The number of carbonyl (C=O) groups is 1. The molecule has 1 aliphatic heterocycles. The van der Waals surface area contributed by atoms with Crippen LogP contribution >= 0.6 is 0 Å². The Morgan fingerprint density at radius 2 is 1.84 bits per heavy atom. The summed E-state index contributed by atoms with van der Waals surface area (Å²) < 4.78 is 5.53. The summed E-state index contributed by atoms with van der Waals surface area (Å²) in [5.41, 5.74) is 2.42. The molecular formula is C18H25N5O2. The van der Waals surface area contributed by atoms with Gasteiger partial charge in [-0.1, -0.05) is 25.9 Å². The number of nitrogens with zero attached hydrogens (tertiary/aromatic N) is 4. The van der Waals surface area contributed by atoms with Gasteiger partial charge in [0.1, 0.15) is 5.69 Å². The van der Waals surface area contributed by atoms with Crippen molar-refractivity contribution in [1.82, 2.24) is 15.5 Å². The third kappa shape index (κ3) is 3.75. The molecule has 3 heterocycles. The van der Waals surface area contributed by atoms with Gasteiger partial charge in [0.2, 0.25) is 5.88 Å². The minimum absolute atomic E-state index is 0.0121. The third-order valence-corrected chi connectivity index (χ3v) is 4.43.